The van der Waals surface area contributed by atoms with Gasteiger partial charge in [0.2, 0.25) is 0 Å². The van der Waals surface area contributed by atoms with E-state index in [1.165, 1.54) is 18.5 Å². The van der Waals surface area contributed by atoms with Crippen molar-refractivity contribution in [2.24, 2.45) is 4.99 Å². The van der Waals surface area contributed by atoms with Gasteiger partial charge in [0.25, 0.3) is 0 Å². The summed E-state index contributed by atoms with van der Waals surface area (Å²) in [6.45, 7) is 0. The van der Waals surface area contributed by atoms with Crippen LogP contribution in [0.3, 0.4) is 0 Å². The van der Waals surface area contributed by atoms with Crippen LogP contribution in [0.2, 0.25) is 0 Å². The Bertz CT molecular complexity index is 432. The number of nitrogens with zero attached hydrogens (tertiary/aromatic N) is 3. The number of benzene rings is 1. The van der Waals surface area contributed by atoms with Crippen molar-refractivity contribution in [1.82, 2.24) is 4.90 Å². The second kappa shape index (κ2) is 4.33. The number of hydrogen-bond donors (Lipinski definition) is 2. The quantitative estimate of drug-likeness (QED) is 0.428. The molecule has 0 fully saturated rings. The average molecular weight is 204 g/mol. The van der Waals surface area contributed by atoms with Crippen molar-refractivity contribution in [2.45, 2.75) is 0 Å². The number of aliphatic imine (C=N–C) groups is 1. The van der Waals surface area contributed by atoms with Crippen LogP contribution < -0.4 is 5.73 Å². The average Bonchev–Trinajstić information content (AvgIpc) is 2.13. The molecule has 78 valence electrons. The lowest BCUT2D eigenvalue weighted by Gasteiger charge is -2.05. The maximum absolute atomic E-state index is 9.45. The number of aromatic hydroxyl groups is 1. The topological polar surface area (TPSA) is 85.6 Å². The summed E-state index contributed by atoms with van der Waals surface area (Å²) in [6, 6.07) is 4.74. The molecule has 1 aromatic rings. The number of phenolic OH excluding ortho intramolecular Hbond substituents is 1. The monoisotopic (exact) mass is 204 g/mol. The van der Waals surface area contributed by atoms with E-state index in [2.05, 4.69) is 4.99 Å². The lowest BCUT2D eigenvalue weighted by molar-refractivity contribution is 0.474. The molecule has 1 aromatic carbocycles. The molecule has 1 rings (SSSR count). The standard InChI is InChI=1S/C10H12N4O/c1-14(2)6-13-9-3-7(12)4-10(15)8(9)5-11/h3-4,6,15H,12H2,1-2H3. The van der Waals surface area contributed by atoms with Crippen molar-refractivity contribution in [1.29, 1.82) is 5.26 Å². The SMILES string of the molecule is CN(C)C=Nc1cc(N)cc(O)c1C#N. The van der Waals surface area contributed by atoms with E-state index < -0.39 is 0 Å². The zero-order chi connectivity index (χ0) is 11.4. The fraction of sp³-hybridized carbons (Fsp3) is 0.200. The lowest BCUT2D eigenvalue weighted by atomic mass is 10.1. The van der Waals surface area contributed by atoms with E-state index in [0.717, 1.165) is 0 Å². The van der Waals surface area contributed by atoms with Crippen molar-refractivity contribution in [2.75, 3.05) is 19.8 Å². The van der Waals surface area contributed by atoms with Crippen LogP contribution in [0.4, 0.5) is 11.4 Å². The van der Waals surface area contributed by atoms with E-state index in [9.17, 15) is 5.11 Å². The first-order valence-corrected chi connectivity index (χ1v) is 4.28. The van der Waals surface area contributed by atoms with Gasteiger partial charge in [0.15, 0.2) is 0 Å². The molecule has 0 radical (unpaired) electrons. The van der Waals surface area contributed by atoms with Gasteiger partial charge >= 0.3 is 0 Å². The molecule has 0 aromatic heterocycles. The van der Waals surface area contributed by atoms with E-state index in [1.54, 1.807) is 4.90 Å². The molecule has 5 heteroatoms. The molecule has 0 saturated carbocycles. The summed E-state index contributed by atoms with van der Waals surface area (Å²) >= 11 is 0. The molecule has 0 aliphatic carbocycles. The molecule has 0 spiro atoms. The third-order valence-electron chi connectivity index (χ3n) is 1.66. The molecule has 15 heavy (non-hydrogen) atoms. The lowest BCUT2D eigenvalue weighted by Crippen LogP contribution is -2.07. The maximum atomic E-state index is 9.45. The van der Waals surface area contributed by atoms with Crippen molar-refractivity contribution >= 4 is 17.7 Å². The molecular weight excluding hydrogens is 192 g/mol. The molecule has 0 saturated heterocycles. The Kier molecular flexibility index (Phi) is 3.13. The summed E-state index contributed by atoms with van der Waals surface area (Å²) in [5.74, 6) is -0.150. The van der Waals surface area contributed by atoms with Gasteiger partial charge in [0, 0.05) is 25.8 Å². The first-order chi connectivity index (χ1) is 7.04. The molecule has 0 amide bonds. The first-order valence-electron chi connectivity index (χ1n) is 4.28. The van der Waals surface area contributed by atoms with E-state index in [-0.39, 0.29) is 11.3 Å². The van der Waals surface area contributed by atoms with Crippen LogP contribution in [-0.4, -0.2) is 30.4 Å². The van der Waals surface area contributed by atoms with E-state index in [1.807, 2.05) is 20.2 Å². The highest BCUT2D eigenvalue weighted by atomic mass is 16.3. The van der Waals surface area contributed by atoms with Gasteiger partial charge in [-0.15, -0.1) is 0 Å². The maximum Gasteiger partial charge on any atom is 0.137 e. The molecule has 0 heterocycles. The summed E-state index contributed by atoms with van der Waals surface area (Å²) in [6.07, 6.45) is 1.54. The van der Waals surface area contributed by atoms with Gasteiger partial charge in [-0.1, -0.05) is 0 Å². The Morgan fingerprint density at radius 2 is 2.20 bits per heavy atom. The minimum atomic E-state index is -0.150. The Hall–Kier alpha value is -2.22. The summed E-state index contributed by atoms with van der Waals surface area (Å²) < 4.78 is 0. The Balaban J connectivity index is 3.22. The van der Waals surface area contributed by atoms with E-state index in [4.69, 9.17) is 11.0 Å². The molecule has 3 N–H and O–H groups in total. The van der Waals surface area contributed by atoms with Crippen LogP contribution in [0.1, 0.15) is 5.56 Å². The summed E-state index contributed by atoms with van der Waals surface area (Å²) in [5.41, 5.74) is 6.40. The van der Waals surface area contributed by atoms with Gasteiger partial charge in [-0.05, 0) is 6.07 Å². The van der Waals surface area contributed by atoms with Gasteiger partial charge < -0.3 is 15.7 Å². The predicted molar refractivity (Wildman–Crippen MR) is 59.1 cm³/mol. The summed E-state index contributed by atoms with van der Waals surface area (Å²) in [5, 5.41) is 18.3. The molecule has 0 unspecified atom stereocenters. The summed E-state index contributed by atoms with van der Waals surface area (Å²) in [7, 11) is 3.61. The van der Waals surface area contributed by atoms with Crippen molar-refractivity contribution in [3.05, 3.63) is 17.7 Å². The minimum Gasteiger partial charge on any atom is -0.506 e. The molecule has 0 aliphatic rings. The zero-order valence-corrected chi connectivity index (χ0v) is 8.60. The first kappa shape index (κ1) is 10.9. The van der Waals surface area contributed by atoms with Crippen molar-refractivity contribution < 1.29 is 5.11 Å². The van der Waals surface area contributed by atoms with Crippen LogP contribution in [0, 0.1) is 11.3 Å². The number of anilines is 1. The third kappa shape index (κ3) is 2.61. The van der Waals surface area contributed by atoms with E-state index in [0.29, 0.717) is 11.4 Å². The second-order valence-electron chi connectivity index (χ2n) is 3.25. The Morgan fingerprint density at radius 3 is 2.73 bits per heavy atom. The molecule has 0 atom stereocenters. The van der Waals surface area contributed by atoms with Crippen LogP contribution in [0.15, 0.2) is 17.1 Å². The van der Waals surface area contributed by atoms with Gasteiger partial charge in [-0.3, -0.25) is 0 Å². The van der Waals surface area contributed by atoms with Crippen molar-refractivity contribution in [3.63, 3.8) is 0 Å². The number of nitrogens with two attached hydrogens (primary N) is 1. The second-order valence-corrected chi connectivity index (χ2v) is 3.25. The fourth-order valence-electron chi connectivity index (χ4n) is 1.03. The van der Waals surface area contributed by atoms with Crippen LogP contribution in [-0.2, 0) is 0 Å². The molecule has 0 aliphatic heterocycles. The predicted octanol–water partition coefficient (Wildman–Crippen LogP) is 1.07. The van der Waals surface area contributed by atoms with Crippen LogP contribution >= 0.6 is 0 Å². The highest BCUT2D eigenvalue weighted by molar-refractivity contribution is 5.71. The smallest absolute Gasteiger partial charge is 0.137 e. The van der Waals surface area contributed by atoms with Gasteiger partial charge in [0.1, 0.15) is 17.4 Å². The van der Waals surface area contributed by atoms with Gasteiger partial charge in [0.05, 0.1) is 12.0 Å². The summed E-state index contributed by atoms with van der Waals surface area (Å²) in [4.78, 5) is 5.76. The third-order valence-corrected chi connectivity index (χ3v) is 1.66. The zero-order valence-electron chi connectivity index (χ0n) is 8.60. The van der Waals surface area contributed by atoms with Gasteiger partial charge in [-0.25, -0.2) is 4.99 Å². The molecular formula is C10H12N4O. The van der Waals surface area contributed by atoms with Crippen LogP contribution in [0.25, 0.3) is 0 Å². The normalized spacial score (nSPS) is 10.2. The largest absolute Gasteiger partial charge is 0.506 e. The van der Waals surface area contributed by atoms with E-state index >= 15 is 0 Å². The fourth-order valence-corrected chi connectivity index (χ4v) is 1.03. The molecule has 5 nitrogen and oxygen atoms in total. The number of phenols is 1. The van der Waals surface area contributed by atoms with Gasteiger partial charge in [-0.2, -0.15) is 5.26 Å². The van der Waals surface area contributed by atoms with Crippen LogP contribution in [0.5, 0.6) is 5.75 Å². The number of nitrogen functional groups attached to an aromatic ring is 1. The van der Waals surface area contributed by atoms with Crippen molar-refractivity contribution in [3.8, 4) is 11.8 Å². The highest BCUT2D eigenvalue weighted by Crippen LogP contribution is 2.30. The minimum absolute atomic E-state index is 0.127. The number of nitriles is 1. The number of rotatable bonds is 2. The Morgan fingerprint density at radius 1 is 1.53 bits per heavy atom. The number of hydrogen-bond acceptors (Lipinski definition) is 4. The Labute approximate surface area is 88.1 Å². The molecule has 0 bridgehead atoms. The highest BCUT2D eigenvalue weighted by Gasteiger charge is 2.07.